The number of halogens is 1. The molecule has 4 aromatic rings. The van der Waals surface area contributed by atoms with Crippen molar-refractivity contribution >= 4 is 23.1 Å². The minimum Gasteiger partial charge on any atom is -0.497 e. The molecule has 0 atom stereocenters. The van der Waals surface area contributed by atoms with Crippen LogP contribution >= 0.6 is 11.6 Å². The molecule has 0 unspecified atom stereocenters. The van der Waals surface area contributed by atoms with Crippen molar-refractivity contribution in [3.8, 4) is 16.9 Å². The van der Waals surface area contributed by atoms with Gasteiger partial charge in [-0.2, -0.15) is 9.61 Å². The monoisotopic (exact) mass is 364 g/mol. The van der Waals surface area contributed by atoms with Crippen LogP contribution in [0.4, 0.5) is 5.82 Å². The Morgan fingerprint density at radius 3 is 2.62 bits per heavy atom. The fourth-order valence-corrected chi connectivity index (χ4v) is 3.07. The first kappa shape index (κ1) is 16.4. The average Bonchev–Trinajstić information content (AvgIpc) is 3.12. The standard InChI is InChI=1S/C20H17ClN4O/c1-26-15-8-6-14(7-9-15)12-23-19-10-11-22-20-17(13-24-25(19)20)16-4-2-3-5-18(16)21/h2-11,13,23H,12H2,1H3. The summed E-state index contributed by atoms with van der Waals surface area (Å²) in [6, 6.07) is 17.6. The van der Waals surface area contributed by atoms with Gasteiger partial charge in [0.15, 0.2) is 5.65 Å². The lowest BCUT2D eigenvalue weighted by molar-refractivity contribution is 0.414. The Bertz CT molecular complexity index is 1040. The highest BCUT2D eigenvalue weighted by molar-refractivity contribution is 6.33. The van der Waals surface area contributed by atoms with E-state index in [-0.39, 0.29) is 0 Å². The predicted molar refractivity (Wildman–Crippen MR) is 104 cm³/mol. The van der Waals surface area contributed by atoms with Gasteiger partial charge in [0, 0.05) is 28.9 Å². The summed E-state index contributed by atoms with van der Waals surface area (Å²) in [5.41, 5.74) is 3.74. The molecule has 2 aromatic heterocycles. The summed E-state index contributed by atoms with van der Waals surface area (Å²) in [6.45, 7) is 0.671. The van der Waals surface area contributed by atoms with Gasteiger partial charge in [-0.1, -0.05) is 41.9 Å². The highest BCUT2D eigenvalue weighted by Gasteiger charge is 2.12. The van der Waals surface area contributed by atoms with Gasteiger partial charge in [0.05, 0.1) is 13.3 Å². The number of benzene rings is 2. The number of hydrogen-bond donors (Lipinski definition) is 1. The maximum Gasteiger partial charge on any atom is 0.165 e. The molecule has 0 fully saturated rings. The lowest BCUT2D eigenvalue weighted by Crippen LogP contribution is -2.05. The van der Waals surface area contributed by atoms with Crippen molar-refractivity contribution in [1.82, 2.24) is 14.6 Å². The second kappa shape index (κ2) is 7.06. The van der Waals surface area contributed by atoms with Crippen LogP contribution < -0.4 is 10.1 Å². The number of fused-ring (bicyclic) bond motifs is 1. The first-order valence-corrected chi connectivity index (χ1v) is 8.58. The summed E-state index contributed by atoms with van der Waals surface area (Å²) < 4.78 is 6.98. The van der Waals surface area contributed by atoms with Gasteiger partial charge in [0.25, 0.3) is 0 Å². The molecule has 130 valence electrons. The van der Waals surface area contributed by atoms with Gasteiger partial charge in [0.2, 0.25) is 0 Å². The molecule has 26 heavy (non-hydrogen) atoms. The third-order valence-corrected chi connectivity index (χ3v) is 4.53. The highest BCUT2D eigenvalue weighted by atomic mass is 35.5. The van der Waals surface area contributed by atoms with Crippen LogP contribution in [0.3, 0.4) is 0 Å². The minimum atomic E-state index is 0.671. The Hall–Kier alpha value is -3.05. The Morgan fingerprint density at radius 1 is 1.04 bits per heavy atom. The van der Waals surface area contributed by atoms with Crippen molar-refractivity contribution < 1.29 is 4.74 Å². The lowest BCUT2D eigenvalue weighted by atomic mass is 10.1. The largest absolute Gasteiger partial charge is 0.497 e. The zero-order chi connectivity index (χ0) is 17.9. The Balaban J connectivity index is 1.63. The molecule has 2 heterocycles. The van der Waals surface area contributed by atoms with E-state index >= 15 is 0 Å². The Labute approximate surface area is 156 Å². The SMILES string of the molecule is COc1ccc(CNc2ccnc3c(-c4ccccc4Cl)cnn23)cc1. The van der Waals surface area contributed by atoms with Crippen LogP contribution in [-0.4, -0.2) is 21.7 Å². The van der Waals surface area contributed by atoms with Crippen molar-refractivity contribution in [2.24, 2.45) is 0 Å². The van der Waals surface area contributed by atoms with Crippen LogP contribution in [0, 0.1) is 0 Å². The molecule has 0 saturated carbocycles. The molecule has 6 heteroatoms. The van der Waals surface area contributed by atoms with E-state index in [9.17, 15) is 0 Å². The summed E-state index contributed by atoms with van der Waals surface area (Å²) in [5, 5.41) is 8.58. The van der Waals surface area contributed by atoms with E-state index in [4.69, 9.17) is 16.3 Å². The molecular formula is C20H17ClN4O. The van der Waals surface area contributed by atoms with Crippen LogP contribution in [0.25, 0.3) is 16.8 Å². The fraction of sp³-hybridized carbons (Fsp3) is 0.100. The number of anilines is 1. The third-order valence-electron chi connectivity index (χ3n) is 4.20. The number of methoxy groups -OCH3 is 1. The van der Waals surface area contributed by atoms with Crippen LogP contribution in [0.5, 0.6) is 5.75 Å². The average molecular weight is 365 g/mol. The number of rotatable bonds is 5. The summed E-state index contributed by atoms with van der Waals surface area (Å²) in [5.74, 6) is 1.71. The number of ether oxygens (including phenoxy) is 1. The molecule has 0 aliphatic rings. The van der Waals surface area contributed by atoms with Crippen molar-refractivity contribution in [3.63, 3.8) is 0 Å². The van der Waals surface area contributed by atoms with E-state index in [1.54, 1.807) is 24.0 Å². The molecule has 5 nitrogen and oxygen atoms in total. The Morgan fingerprint density at radius 2 is 1.85 bits per heavy atom. The molecule has 0 radical (unpaired) electrons. The van der Waals surface area contributed by atoms with Crippen LogP contribution in [0.1, 0.15) is 5.56 Å². The molecule has 2 aromatic carbocycles. The summed E-state index contributed by atoms with van der Waals surface area (Å²) >= 11 is 6.33. The van der Waals surface area contributed by atoms with Gasteiger partial charge in [-0.15, -0.1) is 0 Å². The fourth-order valence-electron chi connectivity index (χ4n) is 2.83. The molecule has 0 aliphatic carbocycles. The first-order valence-electron chi connectivity index (χ1n) is 8.21. The van der Waals surface area contributed by atoms with Crippen LogP contribution in [0.2, 0.25) is 5.02 Å². The number of hydrogen-bond acceptors (Lipinski definition) is 4. The van der Waals surface area contributed by atoms with Gasteiger partial charge in [-0.25, -0.2) is 4.98 Å². The van der Waals surface area contributed by atoms with Gasteiger partial charge in [-0.3, -0.25) is 0 Å². The van der Waals surface area contributed by atoms with E-state index in [0.29, 0.717) is 11.6 Å². The minimum absolute atomic E-state index is 0.671. The second-order valence-corrected chi connectivity index (χ2v) is 6.21. The highest BCUT2D eigenvalue weighted by Crippen LogP contribution is 2.30. The van der Waals surface area contributed by atoms with Gasteiger partial charge < -0.3 is 10.1 Å². The van der Waals surface area contributed by atoms with Crippen molar-refractivity contribution in [3.05, 3.63) is 77.6 Å². The molecule has 4 rings (SSSR count). The summed E-state index contributed by atoms with van der Waals surface area (Å²) in [7, 11) is 1.66. The zero-order valence-electron chi connectivity index (χ0n) is 14.2. The van der Waals surface area contributed by atoms with E-state index < -0.39 is 0 Å². The van der Waals surface area contributed by atoms with Gasteiger partial charge in [-0.05, 0) is 29.8 Å². The Kier molecular flexibility index (Phi) is 4.46. The normalized spacial score (nSPS) is 10.8. The maximum atomic E-state index is 6.33. The quantitative estimate of drug-likeness (QED) is 0.559. The van der Waals surface area contributed by atoms with E-state index in [1.165, 1.54) is 0 Å². The van der Waals surface area contributed by atoms with Crippen molar-refractivity contribution in [2.75, 3.05) is 12.4 Å². The van der Waals surface area contributed by atoms with E-state index in [1.807, 2.05) is 54.6 Å². The van der Waals surface area contributed by atoms with Gasteiger partial charge in [0.1, 0.15) is 11.6 Å². The van der Waals surface area contributed by atoms with Crippen LogP contribution in [-0.2, 0) is 6.54 Å². The van der Waals surface area contributed by atoms with E-state index in [0.717, 1.165) is 33.9 Å². The first-order chi connectivity index (χ1) is 12.8. The molecule has 0 bridgehead atoms. The van der Waals surface area contributed by atoms with Crippen molar-refractivity contribution in [1.29, 1.82) is 0 Å². The van der Waals surface area contributed by atoms with E-state index in [2.05, 4.69) is 15.4 Å². The smallest absolute Gasteiger partial charge is 0.165 e. The number of nitrogens with one attached hydrogen (secondary N) is 1. The second-order valence-electron chi connectivity index (χ2n) is 5.81. The summed E-state index contributed by atoms with van der Waals surface area (Å²) in [6.07, 6.45) is 3.57. The molecule has 0 spiro atoms. The van der Waals surface area contributed by atoms with Gasteiger partial charge >= 0.3 is 0 Å². The predicted octanol–water partition coefficient (Wildman–Crippen LogP) is 4.67. The number of nitrogens with zero attached hydrogens (tertiary/aromatic N) is 3. The van der Waals surface area contributed by atoms with Crippen LogP contribution in [0.15, 0.2) is 67.0 Å². The molecule has 0 saturated heterocycles. The lowest BCUT2D eigenvalue weighted by Gasteiger charge is -2.09. The summed E-state index contributed by atoms with van der Waals surface area (Å²) in [4.78, 5) is 4.48. The number of aromatic nitrogens is 3. The maximum absolute atomic E-state index is 6.33. The molecule has 0 amide bonds. The molecule has 0 aliphatic heterocycles. The topological polar surface area (TPSA) is 51.5 Å². The molecular weight excluding hydrogens is 348 g/mol. The molecule has 1 N–H and O–H groups in total. The third kappa shape index (κ3) is 3.09. The van der Waals surface area contributed by atoms with Crippen molar-refractivity contribution in [2.45, 2.75) is 6.54 Å². The zero-order valence-corrected chi connectivity index (χ0v) is 14.9.